The minimum atomic E-state index is -0.0724. The molecule has 7 heteroatoms. The van der Waals surface area contributed by atoms with E-state index in [1.165, 1.54) is 0 Å². The zero-order chi connectivity index (χ0) is 21.6. The van der Waals surface area contributed by atoms with Gasteiger partial charge in [0, 0.05) is 25.1 Å². The van der Waals surface area contributed by atoms with Crippen LogP contribution in [0.5, 0.6) is 11.5 Å². The molecule has 7 nitrogen and oxygen atoms in total. The fourth-order valence-corrected chi connectivity index (χ4v) is 3.77. The van der Waals surface area contributed by atoms with E-state index in [4.69, 9.17) is 14.0 Å². The van der Waals surface area contributed by atoms with Gasteiger partial charge in [-0.15, -0.1) is 0 Å². The first kappa shape index (κ1) is 20.9. The summed E-state index contributed by atoms with van der Waals surface area (Å²) < 4.78 is 16.8. The van der Waals surface area contributed by atoms with Gasteiger partial charge in [-0.2, -0.15) is 4.98 Å². The van der Waals surface area contributed by atoms with E-state index >= 15 is 0 Å². The average Bonchev–Trinajstić information content (AvgIpc) is 3.42. The predicted molar refractivity (Wildman–Crippen MR) is 116 cm³/mol. The van der Waals surface area contributed by atoms with Gasteiger partial charge >= 0.3 is 0 Å². The van der Waals surface area contributed by atoms with Crippen molar-refractivity contribution in [3.63, 3.8) is 0 Å². The van der Waals surface area contributed by atoms with E-state index in [0.29, 0.717) is 44.4 Å². The van der Waals surface area contributed by atoms with Crippen molar-refractivity contribution in [3.8, 4) is 22.9 Å². The van der Waals surface area contributed by atoms with E-state index in [-0.39, 0.29) is 11.8 Å². The molecule has 1 fully saturated rings. The lowest BCUT2D eigenvalue weighted by atomic mass is 10.1. The summed E-state index contributed by atoms with van der Waals surface area (Å²) in [6, 6.07) is 15.6. The second-order valence-corrected chi connectivity index (χ2v) is 7.46. The van der Waals surface area contributed by atoms with Crippen molar-refractivity contribution in [2.24, 2.45) is 0 Å². The summed E-state index contributed by atoms with van der Waals surface area (Å²) in [5.74, 6) is 2.61. The molecule has 1 amide bonds. The SMILES string of the molecule is CCOc1ccc(CCN2CC(c3nc(-c4ccccc4)no3)CC2=O)cc1OCC. The van der Waals surface area contributed by atoms with Crippen molar-refractivity contribution in [1.82, 2.24) is 15.0 Å². The number of nitrogens with zero attached hydrogens (tertiary/aromatic N) is 3. The molecule has 2 aromatic carbocycles. The molecule has 1 aliphatic rings. The maximum atomic E-state index is 12.6. The van der Waals surface area contributed by atoms with E-state index in [2.05, 4.69) is 10.1 Å². The number of amides is 1. The molecule has 0 saturated carbocycles. The van der Waals surface area contributed by atoms with Crippen molar-refractivity contribution < 1.29 is 18.8 Å². The summed E-state index contributed by atoms with van der Waals surface area (Å²) in [5, 5.41) is 4.08. The Morgan fingerprint density at radius 1 is 1.06 bits per heavy atom. The highest BCUT2D eigenvalue weighted by atomic mass is 16.5. The number of hydrogen-bond donors (Lipinski definition) is 0. The van der Waals surface area contributed by atoms with E-state index in [9.17, 15) is 4.79 Å². The summed E-state index contributed by atoms with van der Waals surface area (Å²) in [4.78, 5) is 18.9. The van der Waals surface area contributed by atoms with Gasteiger partial charge in [-0.1, -0.05) is 41.6 Å². The van der Waals surface area contributed by atoms with Crippen LogP contribution in [0.3, 0.4) is 0 Å². The number of aromatic nitrogens is 2. The molecule has 0 spiro atoms. The summed E-state index contributed by atoms with van der Waals surface area (Å²) in [6.07, 6.45) is 1.13. The molecular formula is C24H27N3O4. The number of rotatable bonds is 9. The molecule has 1 saturated heterocycles. The second-order valence-electron chi connectivity index (χ2n) is 7.46. The van der Waals surface area contributed by atoms with Gasteiger partial charge in [0.2, 0.25) is 17.6 Å². The van der Waals surface area contributed by atoms with Crippen LogP contribution >= 0.6 is 0 Å². The van der Waals surface area contributed by atoms with Gasteiger partial charge in [-0.05, 0) is 38.0 Å². The van der Waals surface area contributed by atoms with E-state index in [1.807, 2.05) is 67.3 Å². The molecule has 1 aromatic heterocycles. The third-order valence-electron chi connectivity index (χ3n) is 5.32. The number of benzene rings is 2. The van der Waals surface area contributed by atoms with E-state index in [0.717, 1.165) is 29.0 Å². The molecule has 0 aliphatic carbocycles. The highest BCUT2D eigenvalue weighted by Crippen LogP contribution is 2.31. The molecule has 0 bridgehead atoms. The predicted octanol–water partition coefficient (Wildman–Crippen LogP) is 4.09. The van der Waals surface area contributed by atoms with E-state index < -0.39 is 0 Å². The fraction of sp³-hybridized carbons (Fsp3) is 0.375. The van der Waals surface area contributed by atoms with Crippen LogP contribution in [-0.2, 0) is 11.2 Å². The normalized spacial score (nSPS) is 16.0. The number of hydrogen-bond acceptors (Lipinski definition) is 6. The molecule has 31 heavy (non-hydrogen) atoms. The van der Waals surface area contributed by atoms with Gasteiger partial charge in [0.05, 0.1) is 19.1 Å². The molecule has 2 heterocycles. The lowest BCUT2D eigenvalue weighted by Gasteiger charge is -2.17. The molecule has 162 valence electrons. The van der Waals surface area contributed by atoms with Crippen molar-refractivity contribution in [1.29, 1.82) is 0 Å². The second kappa shape index (κ2) is 9.64. The zero-order valence-corrected chi connectivity index (χ0v) is 17.9. The van der Waals surface area contributed by atoms with Crippen LogP contribution < -0.4 is 9.47 Å². The van der Waals surface area contributed by atoms with Crippen LogP contribution in [0, 0.1) is 0 Å². The summed E-state index contributed by atoms with van der Waals surface area (Å²) in [6.45, 7) is 6.28. The Kier molecular flexibility index (Phi) is 6.50. The molecule has 3 aromatic rings. The first-order valence-electron chi connectivity index (χ1n) is 10.7. The smallest absolute Gasteiger partial charge is 0.232 e. The van der Waals surface area contributed by atoms with Gasteiger partial charge in [0.1, 0.15) is 0 Å². The van der Waals surface area contributed by atoms with Gasteiger partial charge in [-0.25, -0.2) is 0 Å². The molecule has 4 rings (SSSR count). The van der Waals surface area contributed by atoms with Crippen molar-refractivity contribution in [3.05, 3.63) is 60.0 Å². The highest BCUT2D eigenvalue weighted by Gasteiger charge is 2.34. The quantitative estimate of drug-likeness (QED) is 0.518. The zero-order valence-electron chi connectivity index (χ0n) is 17.9. The number of carbonyl (C=O) groups is 1. The van der Waals surface area contributed by atoms with Crippen molar-refractivity contribution >= 4 is 5.91 Å². The number of carbonyl (C=O) groups excluding carboxylic acids is 1. The Morgan fingerprint density at radius 3 is 2.61 bits per heavy atom. The topological polar surface area (TPSA) is 77.7 Å². The van der Waals surface area contributed by atoms with Crippen LogP contribution in [0.2, 0.25) is 0 Å². The Morgan fingerprint density at radius 2 is 1.84 bits per heavy atom. The number of ether oxygens (including phenoxy) is 2. The van der Waals surface area contributed by atoms with Crippen molar-refractivity contribution in [2.75, 3.05) is 26.3 Å². The van der Waals surface area contributed by atoms with Crippen molar-refractivity contribution in [2.45, 2.75) is 32.6 Å². The Bertz CT molecular complexity index is 1020. The maximum Gasteiger partial charge on any atom is 0.232 e. The molecule has 1 aliphatic heterocycles. The first-order chi connectivity index (χ1) is 15.2. The highest BCUT2D eigenvalue weighted by molar-refractivity contribution is 5.79. The Hall–Kier alpha value is -3.35. The van der Waals surface area contributed by atoms with Crippen LogP contribution in [0.15, 0.2) is 53.1 Å². The van der Waals surface area contributed by atoms with Crippen LogP contribution in [0.25, 0.3) is 11.4 Å². The average molecular weight is 421 g/mol. The summed E-state index contributed by atoms with van der Waals surface area (Å²) in [7, 11) is 0. The third kappa shape index (κ3) is 4.87. The Labute approximate surface area is 182 Å². The Balaban J connectivity index is 1.38. The number of likely N-dealkylation sites (tertiary alicyclic amines) is 1. The molecule has 0 radical (unpaired) electrons. The minimum absolute atomic E-state index is 0.0724. The third-order valence-corrected chi connectivity index (χ3v) is 5.32. The lowest BCUT2D eigenvalue weighted by Crippen LogP contribution is -2.27. The van der Waals surface area contributed by atoms with Gasteiger partial charge < -0.3 is 18.9 Å². The molecular weight excluding hydrogens is 394 g/mol. The lowest BCUT2D eigenvalue weighted by molar-refractivity contribution is -0.127. The van der Waals surface area contributed by atoms with E-state index in [1.54, 1.807) is 0 Å². The molecule has 0 N–H and O–H groups in total. The maximum absolute atomic E-state index is 12.6. The standard InChI is InChI=1S/C24H27N3O4/c1-3-29-20-11-10-17(14-21(20)30-4-2)12-13-27-16-19(15-22(27)28)24-25-23(26-31-24)18-8-6-5-7-9-18/h5-11,14,19H,3-4,12-13,15-16H2,1-2H3. The minimum Gasteiger partial charge on any atom is -0.490 e. The molecule has 1 atom stereocenters. The monoisotopic (exact) mass is 421 g/mol. The largest absolute Gasteiger partial charge is 0.490 e. The molecule has 1 unspecified atom stereocenters. The summed E-state index contributed by atoms with van der Waals surface area (Å²) in [5.41, 5.74) is 2.01. The fourth-order valence-electron chi connectivity index (χ4n) is 3.77. The first-order valence-corrected chi connectivity index (χ1v) is 10.7. The van der Waals surface area contributed by atoms with Gasteiger partial charge in [0.25, 0.3) is 0 Å². The summed E-state index contributed by atoms with van der Waals surface area (Å²) >= 11 is 0. The van der Waals surface area contributed by atoms with Crippen LogP contribution in [-0.4, -0.2) is 47.3 Å². The van der Waals surface area contributed by atoms with Crippen LogP contribution in [0.1, 0.15) is 37.6 Å². The van der Waals surface area contributed by atoms with Crippen LogP contribution in [0.4, 0.5) is 0 Å². The van der Waals surface area contributed by atoms with Gasteiger partial charge in [0.15, 0.2) is 11.5 Å². The van der Waals surface area contributed by atoms with Gasteiger partial charge in [-0.3, -0.25) is 4.79 Å².